The zero-order valence-electron chi connectivity index (χ0n) is 9.32. The van der Waals surface area contributed by atoms with Gasteiger partial charge in [-0.3, -0.25) is 0 Å². The fraction of sp³-hybridized carbons (Fsp3) is 0.500. The van der Waals surface area contributed by atoms with Crippen LogP contribution in [0.2, 0.25) is 0 Å². The second-order valence-corrected chi connectivity index (χ2v) is 4.72. The molecule has 0 saturated carbocycles. The van der Waals surface area contributed by atoms with Crippen LogP contribution in [0.4, 0.5) is 0 Å². The van der Waals surface area contributed by atoms with Crippen molar-refractivity contribution < 1.29 is 9.84 Å². The molecule has 2 atom stereocenters. The third-order valence-corrected chi connectivity index (χ3v) is 2.95. The zero-order chi connectivity index (χ0) is 11.2. The van der Waals surface area contributed by atoms with Crippen LogP contribution in [-0.4, -0.2) is 16.8 Å². The molecule has 0 fully saturated rings. The Bertz CT molecular complexity index is 387. The number of aryl methyl sites for hydroxylation is 1. The van der Waals surface area contributed by atoms with E-state index in [1.165, 1.54) is 0 Å². The number of rotatable bonds is 0. The van der Waals surface area contributed by atoms with Gasteiger partial charge in [0.15, 0.2) is 0 Å². The maximum absolute atomic E-state index is 9.99. The molecule has 2 rings (SSSR count). The fourth-order valence-electron chi connectivity index (χ4n) is 1.97. The van der Waals surface area contributed by atoms with Crippen molar-refractivity contribution in [1.29, 1.82) is 0 Å². The van der Waals surface area contributed by atoms with Crippen LogP contribution in [0.15, 0.2) is 18.2 Å². The van der Waals surface area contributed by atoms with Crippen LogP contribution in [0.3, 0.4) is 0 Å². The van der Waals surface area contributed by atoms with E-state index in [0.29, 0.717) is 0 Å². The first-order valence-electron chi connectivity index (χ1n) is 5.15. The van der Waals surface area contributed by atoms with Crippen LogP contribution < -0.4 is 10.5 Å². The Morgan fingerprint density at radius 2 is 2.07 bits per heavy atom. The quantitative estimate of drug-likeness (QED) is 0.678. The van der Waals surface area contributed by atoms with Crippen LogP contribution in [0, 0.1) is 6.92 Å². The van der Waals surface area contributed by atoms with Gasteiger partial charge in [0.1, 0.15) is 17.5 Å². The van der Waals surface area contributed by atoms with Crippen LogP contribution in [0.5, 0.6) is 5.75 Å². The molecule has 0 saturated heterocycles. The number of benzene rings is 1. The lowest BCUT2D eigenvalue weighted by Crippen LogP contribution is -2.51. The summed E-state index contributed by atoms with van der Waals surface area (Å²) < 4.78 is 5.73. The molecule has 3 heteroatoms. The molecule has 3 N–H and O–H groups in total. The maximum atomic E-state index is 9.99. The second-order valence-electron chi connectivity index (χ2n) is 4.72. The highest BCUT2D eigenvalue weighted by Gasteiger charge is 2.40. The first kappa shape index (κ1) is 10.5. The molecule has 82 valence electrons. The number of fused-ring (bicyclic) bond motifs is 1. The molecule has 0 bridgehead atoms. The van der Waals surface area contributed by atoms with Crippen molar-refractivity contribution in [3.8, 4) is 5.75 Å². The minimum Gasteiger partial charge on any atom is -0.485 e. The summed E-state index contributed by atoms with van der Waals surface area (Å²) in [5, 5.41) is 9.99. The predicted molar refractivity (Wildman–Crippen MR) is 58.8 cm³/mol. The summed E-state index contributed by atoms with van der Waals surface area (Å²) in [5.41, 5.74) is 7.40. The molecule has 0 radical (unpaired) electrons. The van der Waals surface area contributed by atoms with Gasteiger partial charge in [0, 0.05) is 5.56 Å². The van der Waals surface area contributed by atoms with Crippen molar-refractivity contribution in [2.45, 2.75) is 38.5 Å². The number of nitrogens with two attached hydrogens (primary N) is 1. The normalized spacial score (nSPS) is 28.1. The Labute approximate surface area is 89.9 Å². The van der Waals surface area contributed by atoms with Crippen LogP contribution >= 0.6 is 0 Å². The highest BCUT2D eigenvalue weighted by atomic mass is 16.5. The van der Waals surface area contributed by atoms with Crippen molar-refractivity contribution in [3.63, 3.8) is 0 Å². The first-order chi connectivity index (χ1) is 6.92. The monoisotopic (exact) mass is 207 g/mol. The number of aliphatic hydroxyl groups excluding tert-OH is 1. The first-order valence-corrected chi connectivity index (χ1v) is 5.15. The van der Waals surface area contributed by atoms with E-state index < -0.39 is 11.7 Å². The highest BCUT2D eigenvalue weighted by molar-refractivity contribution is 5.42. The van der Waals surface area contributed by atoms with E-state index >= 15 is 0 Å². The largest absolute Gasteiger partial charge is 0.485 e. The number of hydrogen-bond donors (Lipinski definition) is 2. The van der Waals surface area contributed by atoms with Gasteiger partial charge in [0.05, 0.1) is 6.04 Å². The van der Waals surface area contributed by atoms with Gasteiger partial charge >= 0.3 is 0 Å². The Hall–Kier alpha value is -1.06. The molecule has 0 amide bonds. The lowest BCUT2D eigenvalue weighted by atomic mass is 9.86. The van der Waals surface area contributed by atoms with Gasteiger partial charge < -0.3 is 15.6 Å². The van der Waals surface area contributed by atoms with Crippen LogP contribution in [0.1, 0.15) is 31.0 Å². The van der Waals surface area contributed by atoms with E-state index in [2.05, 4.69) is 0 Å². The summed E-state index contributed by atoms with van der Waals surface area (Å²) >= 11 is 0. The van der Waals surface area contributed by atoms with Gasteiger partial charge in [-0.15, -0.1) is 0 Å². The lowest BCUT2D eigenvalue weighted by Gasteiger charge is -2.40. The topological polar surface area (TPSA) is 55.5 Å². The molecule has 1 heterocycles. The third-order valence-electron chi connectivity index (χ3n) is 2.95. The average molecular weight is 207 g/mol. The summed E-state index contributed by atoms with van der Waals surface area (Å²) in [6.45, 7) is 5.69. The molecule has 2 unspecified atom stereocenters. The lowest BCUT2D eigenvalue weighted by molar-refractivity contribution is -0.0571. The van der Waals surface area contributed by atoms with E-state index in [-0.39, 0.29) is 6.04 Å². The van der Waals surface area contributed by atoms with Crippen molar-refractivity contribution in [2.24, 2.45) is 5.73 Å². The molecule has 0 aliphatic carbocycles. The van der Waals surface area contributed by atoms with Gasteiger partial charge in [-0.2, -0.15) is 0 Å². The summed E-state index contributed by atoms with van der Waals surface area (Å²) in [6.07, 6.45) is -0.674. The summed E-state index contributed by atoms with van der Waals surface area (Å²) in [6, 6.07) is 5.50. The van der Waals surface area contributed by atoms with Gasteiger partial charge in [-0.05, 0) is 26.8 Å². The van der Waals surface area contributed by atoms with E-state index in [1.54, 1.807) is 0 Å². The average Bonchev–Trinajstić information content (AvgIpc) is 2.16. The molecule has 0 spiro atoms. The molecule has 1 aliphatic heterocycles. The Balaban J connectivity index is 2.50. The van der Waals surface area contributed by atoms with Crippen molar-refractivity contribution in [2.75, 3.05) is 0 Å². The molecule has 1 aromatic rings. The van der Waals surface area contributed by atoms with Crippen molar-refractivity contribution in [3.05, 3.63) is 29.3 Å². The fourth-order valence-corrected chi connectivity index (χ4v) is 1.97. The molecule has 3 nitrogen and oxygen atoms in total. The number of ether oxygens (including phenoxy) is 1. The molecule has 1 aliphatic rings. The Morgan fingerprint density at radius 1 is 1.40 bits per heavy atom. The van der Waals surface area contributed by atoms with Gasteiger partial charge in [0.2, 0.25) is 0 Å². The summed E-state index contributed by atoms with van der Waals surface area (Å²) in [5.74, 6) is 0.781. The van der Waals surface area contributed by atoms with Crippen molar-refractivity contribution >= 4 is 0 Å². The van der Waals surface area contributed by atoms with Crippen LogP contribution in [0.25, 0.3) is 0 Å². The minimum absolute atomic E-state index is 0.372. The number of hydrogen-bond acceptors (Lipinski definition) is 3. The standard InChI is InChI=1S/C12H17NO2/c1-7-4-5-9-8(6-7)10(13)11(14)12(2,3)15-9/h4-6,10-11,14H,13H2,1-3H3. The van der Waals surface area contributed by atoms with Gasteiger partial charge in [-0.25, -0.2) is 0 Å². The van der Waals surface area contributed by atoms with E-state index in [9.17, 15) is 5.11 Å². The number of aliphatic hydroxyl groups is 1. The molecule has 15 heavy (non-hydrogen) atoms. The molecular formula is C12H17NO2. The van der Waals surface area contributed by atoms with Crippen molar-refractivity contribution in [1.82, 2.24) is 0 Å². The maximum Gasteiger partial charge on any atom is 0.131 e. The Morgan fingerprint density at radius 3 is 2.73 bits per heavy atom. The van der Waals surface area contributed by atoms with Crippen LogP contribution in [-0.2, 0) is 0 Å². The summed E-state index contributed by atoms with van der Waals surface area (Å²) in [4.78, 5) is 0. The smallest absolute Gasteiger partial charge is 0.131 e. The zero-order valence-corrected chi connectivity index (χ0v) is 9.32. The molecule has 1 aromatic carbocycles. The SMILES string of the molecule is Cc1ccc2c(c1)C(N)C(O)C(C)(C)O2. The van der Waals surface area contributed by atoms with Gasteiger partial charge in [0.25, 0.3) is 0 Å². The summed E-state index contributed by atoms with van der Waals surface area (Å²) in [7, 11) is 0. The molecule has 0 aromatic heterocycles. The highest BCUT2D eigenvalue weighted by Crippen LogP contribution is 2.38. The van der Waals surface area contributed by atoms with E-state index in [4.69, 9.17) is 10.5 Å². The predicted octanol–water partition coefficient (Wildman–Crippen LogP) is 1.53. The minimum atomic E-state index is -0.674. The molecular weight excluding hydrogens is 190 g/mol. The van der Waals surface area contributed by atoms with E-state index in [1.807, 2.05) is 39.0 Å². The Kier molecular flexibility index (Phi) is 2.24. The van der Waals surface area contributed by atoms with Gasteiger partial charge in [-0.1, -0.05) is 17.7 Å². The second kappa shape index (κ2) is 3.22. The van der Waals surface area contributed by atoms with E-state index in [0.717, 1.165) is 16.9 Å². The third kappa shape index (κ3) is 1.62.